The zero-order valence-electron chi connectivity index (χ0n) is 25.1. The Morgan fingerprint density at radius 3 is 1.66 bits per heavy atom. The second-order valence-corrected chi connectivity index (χ2v) is 14.0. The summed E-state index contributed by atoms with van der Waals surface area (Å²) in [5.74, 6) is 1.05. The summed E-state index contributed by atoms with van der Waals surface area (Å²) in [5, 5.41) is 32.6. The van der Waals surface area contributed by atoms with Gasteiger partial charge >= 0.3 is 0 Å². The van der Waals surface area contributed by atoms with E-state index in [9.17, 15) is 15.3 Å². The largest absolute Gasteiger partial charge is 0.396 e. The monoisotopic (exact) mass is 530 g/mol. The van der Waals surface area contributed by atoms with E-state index >= 15 is 0 Å². The summed E-state index contributed by atoms with van der Waals surface area (Å²) in [6, 6.07) is 8.71. The predicted octanol–water partition coefficient (Wildman–Crippen LogP) is 7.74. The Hall–Kier alpha value is -0.940. The van der Waals surface area contributed by atoms with Gasteiger partial charge in [-0.3, -0.25) is 0 Å². The molecule has 1 aromatic rings. The van der Waals surface area contributed by atoms with Gasteiger partial charge in [0.25, 0.3) is 0 Å². The van der Waals surface area contributed by atoms with E-state index in [1.165, 1.54) is 17.5 Å². The molecule has 2 aliphatic rings. The van der Waals surface area contributed by atoms with E-state index in [2.05, 4.69) is 52.0 Å². The highest BCUT2D eigenvalue weighted by Gasteiger charge is 2.38. The van der Waals surface area contributed by atoms with Crippen molar-refractivity contribution in [2.45, 2.75) is 147 Å². The van der Waals surface area contributed by atoms with Crippen LogP contribution in [0.2, 0.25) is 0 Å². The summed E-state index contributed by atoms with van der Waals surface area (Å²) < 4.78 is 5.58. The van der Waals surface area contributed by atoms with Crippen LogP contribution in [0.4, 0.5) is 0 Å². The molecule has 0 saturated heterocycles. The zero-order valence-corrected chi connectivity index (χ0v) is 25.1. The summed E-state index contributed by atoms with van der Waals surface area (Å²) in [5.41, 5.74) is 2.50. The fourth-order valence-electron chi connectivity index (χ4n) is 7.18. The van der Waals surface area contributed by atoms with Crippen molar-refractivity contribution < 1.29 is 20.1 Å². The van der Waals surface area contributed by atoms with Crippen LogP contribution in [0.5, 0.6) is 0 Å². The number of benzene rings is 1. The third-order valence-corrected chi connectivity index (χ3v) is 10.0. The van der Waals surface area contributed by atoms with E-state index in [1.54, 1.807) is 7.11 Å². The van der Waals surface area contributed by atoms with Crippen LogP contribution in [0, 0.1) is 17.3 Å². The summed E-state index contributed by atoms with van der Waals surface area (Å²) in [6.07, 6.45) is 14.8. The van der Waals surface area contributed by atoms with Gasteiger partial charge in [0.15, 0.2) is 0 Å². The first kappa shape index (κ1) is 31.6. The third-order valence-electron chi connectivity index (χ3n) is 10.0. The number of aliphatic hydroxyl groups excluding tert-OH is 3. The standard InChI is InChI=1S/C34H58O4/c1-33(2,24-35)22-10-8-14-25-16-12-20-29(31(25)36)27-18-6-7-19-28(27)30-21-13-17-26(32(30)37)15-9-11-23-34(3,4)38-5/h6-7,18-19,25-26,29-32,35-37H,8-17,20-24H2,1-5H3. The first-order valence-corrected chi connectivity index (χ1v) is 15.7. The Bertz CT molecular complexity index is 751. The van der Waals surface area contributed by atoms with E-state index in [1.807, 2.05) is 0 Å². The van der Waals surface area contributed by atoms with Crippen molar-refractivity contribution in [1.82, 2.24) is 0 Å². The molecule has 0 bridgehead atoms. The topological polar surface area (TPSA) is 69.9 Å². The molecule has 2 fully saturated rings. The molecule has 0 heterocycles. The molecule has 218 valence electrons. The molecule has 2 saturated carbocycles. The number of hydrogen-bond donors (Lipinski definition) is 3. The molecule has 6 atom stereocenters. The Morgan fingerprint density at radius 2 is 1.21 bits per heavy atom. The highest BCUT2D eigenvalue weighted by atomic mass is 16.5. The van der Waals surface area contributed by atoms with Gasteiger partial charge in [-0.15, -0.1) is 0 Å². The maximum atomic E-state index is 11.6. The average Bonchev–Trinajstić information content (AvgIpc) is 2.91. The van der Waals surface area contributed by atoms with Gasteiger partial charge in [0.05, 0.1) is 17.8 Å². The van der Waals surface area contributed by atoms with Crippen LogP contribution in [0.15, 0.2) is 24.3 Å². The van der Waals surface area contributed by atoms with Crippen LogP contribution in [0.1, 0.15) is 141 Å². The Kier molecular flexibility index (Phi) is 12.2. The van der Waals surface area contributed by atoms with E-state index in [-0.39, 0.29) is 41.7 Å². The molecule has 4 heteroatoms. The van der Waals surface area contributed by atoms with Crippen molar-refractivity contribution in [2.24, 2.45) is 17.3 Å². The first-order chi connectivity index (χ1) is 18.1. The van der Waals surface area contributed by atoms with Crippen LogP contribution in [-0.4, -0.2) is 46.8 Å². The van der Waals surface area contributed by atoms with Gasteiger partial charge in [-0.1, -0.05) is 76.6 Å². The van der Waals surface area contributed by atoms with Gasteiger partial charge < -0.3 is 20.1 Å². The molecule has 2 aliphatic carbocycles. The molecule has 0 spiro atoms. The molecule has 0 aromatic heterocycles. The van der Waals surface area contributed by atoms with Crippen LogP contribution in [0.3, 0.4) is 0 Å². The normalized spacial score (nSPS) is 28.9. The van der Waals surface area contributed by atoms with Gasteiger partial charge in [-0.25, -0.2) is 0 Å². The Balaban J connectivity index is 1.62. The van der Waals surface area contributed by atoms with Gasteiger partial charge in [-0.2, -0.15) is 0 Å². The van der Waals surface area contributed by atoms with Crippen molar-refractivity contribution in [3.8, 4) is 0 Å². The van der Waals surface area contributed by atoms with Crippen molar-refractivity contribution >= 4 is 0 Å². The Labute approximate surface area is 233 Å². The summed E-state index contributed by atoms with van der Waals surface area (Å²) in [4.78, 5) is 0. The molecule has 1 aromatic carbocycles. The minimum atomic E-state index is -0.309. The number of rotatable bonds is 14. The second kappa shape index (κ2) is 14.6. The highest BCUT2D eigenvalue weighted by molar-refractivity contribution is 5.36. The SMILES string of the molecule is COC(C)(C)CCCCC1CCCC(c2ccccc2C2CCCC(CCCCC(C)(C)CO)C2O)C1O. The maximum Gasteiger partial charge on any atom is 0.0636 e. The highest BCUT2D eigenvalue weighted by Crippen LogP contribution is 2.45. The van der Waals surface area contributed by atoms with E-state index < -0.39 is 0 Å². The number of methoxy groups -OCH3 is 1. The smallest absolute Gasteiger partial charge is 0.0636 e. The van der Waals surface area contributed by atoms with Gasteiger partial charge in [0.2, 0.25) is 0 Å². The van der Waals surface area contributed by atoms with E-state index in [4.69, 9.17) is 4.74 Å². The summed E-state index contributed by atoms with van der Waals surface area (Å²) >= 11 is 0. The molecule has 0 amide bonds. The molecule has 3 rings (SSSR count). The van der Waals surface area contributed by atoms with E-state index in [0.29, 0.717) is 11.8 Å². The van der Waals surface area contributed by atoms with Crippen LogP contribution in [0.25, 0.3) is 0 Å². The Morgan fingerprint density at radius 1 is 0.737 bits per heavy atom. The van der Waals surface area contributed by atoms with Crippen LogP contribution < -0.4 is 0 Å². The first-order valence-electron chi connectivity index (χ1n) is 15.7. The summed E-state index contributed by atoms with van der Waals surface area (Å²) in [7, 11) is 1.79. The number of hydrogen-bond acceptors (Lipinski definition) is 4. The van der Waals surface area contributed by atoms with Crippen molar-refractivity contribution in [1.29, 1.82) is 0 Å². The molecular weight excluding hydrogens is 472 g/mol. The lowest BCUT2D eigenvalue weighted by Crippen LogP contribution is -2.35. The molecular formula is C34H58O4. The van der Waals surface area contributed by atoms with Gasteiger partial charge in [0.1, 0.15) is 0 Å². The van der Waals surface area contributed by atoms with Crippen molar-refractivity contribution in [3.05, 3.63) is 35.4 Å². The molecule has 4 nitrogen and oxygen atoms in total. The number of unbranched alkanes of at least 4 members (excludes halogenated alkanes) is 2. The fraction of sp³-hybridized carbons (Fsp3) is 0.824. The quantitative estimate of drug-likeness (QED) is 0.215. The maximum absolute atomic E-state index is 11.6. The van der Waals surface area contributed by atoms with Gasteiger partial charge in [0, 0.05) is 25.6 Å². The number of aliphatic hydroxyl groups is 3. The summed E-state index contributed by atoms with van der Waals surface area (Å²) in [6.45, 7) is 8.79. The lowest BCUT2D eigenvalue weighted by molar-refractivity contribution is 0.0110. The number of ether oxygens (including phenoxy) is 1. The van der Waals surface area contributed by atoms with Crippen LogP contribution in [-0.2, 0) is 4.74 Å². The molecule has 6 unspecified atom stereocenters. The zero-order chi connectivity index (χ0) is 27.8. The molecule has 38 heavy (non-hydrogen) atoms. The molecule has 0 aliphatic heterocycles. The lowest BCUT2D eigenvalue weighted by atomic mass is 9.68. The van der Waals surface area contributed by atoms with Crippen LogP contribution >= 0.6 is 0 Å². The predicted molar refractivity (Wildman–Crippen MR) is 158 cm³/mol. The minimum Gasteiger partial charge on any atom is -0.396 e. The second-order valence-electron chi connectivity index (χ2n) is 14.0. The minimum absolute atomic E-state index is 0.00808. The van der Waals surface area contributed by atoms with Crippen molar-refractivity contribution in [3.63, 3.8) is 0 Å². The molecule has 3 N–H and O–H groups in total. The fourth-order valence-corrected chi connectivity index (χ4v) is 7.18. The van der Waals surface area contributed by atoms with Crippen molar-refractivity contribution in [2.75, 3.05) is 13.7 Å². The third kappa shape index (κ3) is 8.78. The molecule has 0 radical (unpaired) electrons. The lowest BCUT2D eigenvalue weighted by Gasteiger charge is -2.40. The van der Waals surface area contributed by atoms with Gasteiger partial charge in [-0.05, 0) is 93.6 Å². The average molecular weight is 531 g/mol. The van der Waals surface area contributed by atoms with E-state index in [0.717, 1.165) is 83.5 Å².